The molecule has 0 spiro atoms. The minimum absolute atomic E-state index is 0.347. The summed E-state index contributed by atoms with van der Waals surface area (Å²) in [6, 6.07) is 2.84. The number of carbonyl (C=O) groups is 2. The molecular formula is C19H20N4O3S. The molecule has 27 heavy (non-hydrogen) atoms. The molecular weight excluding hydrogens is 364 g/mol. The van der Waals surface area contributed by atoms with Crippen molar-refractivity contribution in [2.45, 2.75) is 43.5 Å². The lowest BCUT2D eigenvalue weighted by Crippen LogP contribution is -2.47. The summed E-state index contributed by atoms with van der Waals surface area (Å²) in [4.78, 5) is 34.9. The summed E-state index contributed by atoms with van der Waals surface area (Å²) in [6.45, 7) is 6.23. The number of rotatable bonds is 4. The van der Waals surface area contributed by atoms with Gasteiger partial charge in [0.15, 0.2) is 0 Å². The van der Waals surface area contributed by atoms with Crippen molar-refractivity contribution in [2.75, 3.05) is 4.90 Å². The van der Waals surface area contributed by atoms with E-state index < -0.39 is 17.3 Å². The van der Waals surface area contributed by atoms with Gasteiger partial charge in [0.05, 0.1) is 23.6 Å². The molecule has 4 heterocycles. The summed E-state index contributed by atoms with van der Waals surface area (Å²) in [6.07, 6.45) is 4.21. The van der Waals surface area contributed by atoms with Crippen molar-refractivity contribution in [1.82, 2.24) is 15.3 Å². The maximum atomic E-state index is 12.9. The molecule has 2 aromatic heterocycles. The zero-order valence-corrected chi connectivity index (χ0v) is 16.1. The van der Waals surface area contributed by atoms with Crippen LogP contribution in [0.5, 0.6) is 0 Å². The molecule has 2 unspecified atom stereocenters. The molecule has 2 aliphatic rings. The number of urea groups is 1. The van der Waals surface area contributed by atoms with Crippen LogP contribution >= 0.6 is 11.8 Å². The monoisotopic (exact) mass is 384 g/mol. The van der Waals surface area contributed by atoms with Crippen LogP contribution in [0.2, 0.25) is 0 Å². The molecule has 0 fully saturated rings. The Kier molecular flexibility index (Phi) is 4.30. The van der Waals surface area contributed by atoms with Crippen molar-refractivity contribution in [2.24, 2.45) is 5.92 Å². The fourth-order valence-electron chi connectivity index (χ4n) is 3.62. The van der Waals surface area contributed by atoms with E-state index in [4.69, 9.17) is 0 Å². The number of amides is 2. The van der Waals surface area contributed by atoms with Crippen LogP contribution in [-0.4, -0.2) is 32.3 Å². The second-order valence-electron chi connectivity index (χ2n) is 7.25. The molecule has 2 atom stereocenters. The second kappa shape index (κ2) is 6.53. The first-order valence-corrected chi connectivity index (χ1v) is 9.69. The molecule has 2 aromatic rings. The normalized spacial score (nSPS) is 20.6. The van der Waals surface area contributed by atoms with Gasteiger partial charge in [0, 0.05) is 17.5 Å². The van der Waals surface area contributed by atoms with Gasteiger partial charge in [-0.1, -0.05) is 25.6 Å². The summed E-state index contributed by atoms with van der Waals surface area (Å²) in [5, 5.41) is 12.2. The molecule has 0 radical (unpaired) electrons. The van der Waals surface area contributed by atoms with E-state index in [0.29, 0.717) is 22.3 Å². The fourth-order valence-corrected chi connectivity index (χ4v) is 4.79. The summed E-state index contributed by atoms with van der Waals surface area (Å²) in [5.74, 6) is -0.464. The molecule has 0 aromatic carbocycles. The predicted octanol–water partition coefficient (Wildman–Crippen LogP) is 3.44. The Morgan fingerprint density at radius 3 is 2.81 bits per heavy atom. The van der Waals surface area contributed by atoms with Gasteiger partial charge in [0.25, 0.3) is 0 Å². The SMILES string of the molecule is Cc1cc(CC(C)C)ncc1N1C(=O)NC2c3c1ccnc3SC2C(=O)O. The maximum absolute atomic E-state index is 12.9. The van der Waals surface area contributed by atoms with Crippen LogP contribution in [0, 0.1) is 12.8 Å². The largest absolute Gasteiger partial charge is 0.480 e. The van der Waals surface area contributed by atoms with Crippen molar-refractivity contribution < 1.29 is 14.7 Å². The van der Waals surface area contributed by atoms with E-state index in [-0.39, 0.29) is 6.03 Å². The van der Waals surface area contributed by atoms with Crippen molar-refractivity contribution in [3.63, 3.8) is 0 Å². The molecule has 0 saturated heterocycles. The van der Waals surface area contributed by atoms with Crippen LogP contribution in [-0.2, 0) is 11.2 Å². The molecule has 7 nitrogen and oxygen atoms in total. The van der Waals surface area contributed by atoms with E-state index in [2.05, 4.69) is 29.1 Å². The van der Waals surface area contributed by atoms with Gasteiger partial charge in [-0.25, -0.2) is 9.78 Å². The number of anilines is 2. The third-order valence-electron chi connectivity index (χ3n) is 4.75. The van der Waals surface area contributed by atoms with Crippen LogP contribution < -0.4 is 10.2 Å². The third kappa shape index (κ3) is 2.93. The van der Waals surface area contributed by atoms with Crippen molar-refractivity contribution >= 4 is 35.1 Å². The van der Waals surface area contributed by atoms with Gasteiger partial charge in [0.2, 0.25) is 0 Å². The van der Waals surface area contributed by atoms with Crippen LogP contribution in [0.3, 0.4) is 0 Å². The highest BCUT2D eigenvalue weighted by Crippen LogP contribution is 2.50. The molecule has 2 amide bonds. The first-order valence-electron chi connectivity index (χ1n) is 8.81. The van der Waals surface area contributed by atoms with Gasteiger partial charge < -0.3 is 10.4 Å². The molecule has 2 aliphatic heterocycles. The van der Waals surface area contributed by atoms with E-state index in [9.17, 15) is 14.7 Å². The van der Waals surface area contributed by atoms with Gasteiger partial charge in [-0.15, -0.1) is 0 Å². The molecule has 0 aliphatic carbocycles. The molecule has 0 saturated carbocycles. The number of carbonyl (C=O) groups excluding carboxylic acids is 1. The van der Waals surface area contributed by atoms with Crippen LogP contribution in [0.15, 0.2) is 29.6 Å². The summed E-state index contributed by atoms with van der Waals surface area (Å²) < 4.78 is 0. The summed E-state index contributed by atoms with van der Waals surface area (Å²) in [7, 11) is 0. The number of pyridine rings is 2. The highest BCUT2D eigenvalue weighted by Gasteiger charge is 2.46. The van der Waals surface area contributed by atoms with Crippen molar-refractivity contribution in [3.05, 3.63) is 41.3 Å². The maximum Gasteiger partial charge on any atom is 0.327 e. The number of hydrogen-bond donors (Lipinski definition) is 2. The number of nitrogens with one attached hydrogen (secondary N) is 1. The lowest BCUT2D eigenvalue weighted by Gasteiger charge is -2.34. The van der Waals surface area contributed by atoms with E-state index in [1.807, 2.05) is 13.0 Å². The highest BCUT2D eigenvalue weighted by atomic mass is 32.2. The third-order valence-corrected chi connectivity index (χ3v) is 6.02. The van der Waals surface area contributed by atoms with E-state index in [1.165, 1.54) is 11.8 Å². The van der Waals surface area contributed by atoms with Crippen molar-refractivity contribution in [3.8, 4) is 0 Å². The Labute approximate surface area is 161 Å². The zero-order valence-electron chi connectivity index (χ0n) is 15.3. The average Bonchev–Trinajstić information content (AvgIpc) is 2.96. The Hall–Kier alpha value is -2.61. The smallest absolute Gasteiger partial charge is 0.327 e. The topological polar surface area (TPSA) is 95.4 Å². The number of aromatic nitrogens is 2. The number of aliphatic carboxylic acids is 1. The van der Waals surface area contributed by atoms with Crippen molar-refractivity contribution in [1.29, 1.82) is 0 Å². The number of aryl methyl sites for hydroxylation is 1. The molecule has 140 valence electrons. The number of nitrogens with zero attached hydrogens (tertiary/aromatic N) is 3. The first kappa shape index (κ1) is 17.8. The van der Waals surface area contributed by atoms with Crippen LogP contribution in [0.1, 0.15) is 36.7 Å². The van der Waals surface area contributed by atoms with Gasteiger partial charge in [0.1, 0.15) is 10.3 Å². The Morgan fingerprint density at radius 2 is 2.15 bits per heavy atom. The summed E-state index contributed by atoms with van der Waals surface area (Å²) in [5.41, 5.74) is 4.06. The zero-order chi connectivity index (χ0) is 19.3. The molecule has 4 rings (SSSR count). The minimum atomic E-state index is -0.960. The summed E-state index contributed by atoms with van der Waals surface area (Å²) >= 11 is 1.18. The van der Waals surface area contributed by atoms with Crippen LogP contribution in [0.4, 0.5) is 16.2 Å². The first-order chi connectivity index (χ1) is 12.9. The molecule has 2 N–H and O–H groups in total. The van der Waals surface area contributed by atoms with Gasteiger partial charge in [-0.05, 0) is 37.0 Å². The van der Waals surface area contributed by atoms with E-state index in [1.54, 1.807) is 23.4 Å². The Bertz CT molecular complexity index is 947. The van der Waals surface area contributed by atoms with E-state index in [0.717, 1.165) is 23.2 Å². The predicted molar refractivity (Wildman–Crippen MR) is 102 cm³/mol. The average molecular weight is 384 g/mol. The molecule has 8 heteroatoms. The van der Waals surface area contributed by atoms with Gasteiger partial charge in [-0.3, -0.25) is 14.7 Å². The fraction of sp³-hybridized carbons (Fsp3) is 0.368. The van der Waals surface area contributed by atoms with Gasteiger partial charge >= 0.3 is 12.0 Å². The minimum Gasteiger partial charge on any atom is -0.480 e. The van der Waals surface area contributed by atoms with Crippen LogP contribution in [0.25, 0.3) is 0 Å². The lowest BCUT2D eigenvalue weighted by atomic mass is 10.00. The number of hydrogen-bond acceptors (Lipinski definition) is 5. The quantitative estimate of drug-likeness (QED) is 0.838. The number of carboxylic acids is 1. The van der Waals surface area contributed by atoms with E-state index >= 15 is 0 Å². The number of carboxylic acid groups (broad SMARTS) is 1. The van der Waals surface area contributed by atoms with Gasteiger partial charge in [-0.2, -0.15) is 0 Å². The standard InChI is InChI=1S/C19H20N4O3S/c1-9(2)6-11-7-10(3)13(8-21-11)23-12-4-5-20-17-14(12)15(22-19(23)26)16(27-17)18(24)25/h4-5,7-9,15-16H,6H2,1-3H3,(H,22,26)(H,24,25). The highest BCUT2D eigenvalue weighted by molar-refractivity contribution is 8.00. The molecule has 0 bridgehead atoms. The Balaban J connectivity index is 1.78. The second-order valence-corrected chi connectivity index (χ2v) is 8.38. The number of thioether (sulfide) groups is 1. The Morgan fingerprint density at radius 1 is 1.37 bits per heavy atom. The lowest BCUT2D eigenvalue weighted by molar-refractivity contribution is -0.136.